The van der Waals surface area contributed by atoms with Crippen molar-refractivity contribution in [2.75, 3.05) is 20.1 Å². The Morgan fingerprint density at radius 1 is 0.895 bits per heavy atom. The summed E-state index contributed by atoms with van der Waals surface area (Å²) in [4.78, 5) is 66.4. The molecular weight excluding hydrogens is 729 g/mol. The lowest BCUT2D eigenvalue weighted by molar-refractivity contribution is -0.139. The highest BCUT2D eigenvalue weighted by molar-refractivity contribution is 5.93. The van der Waals surface area contributed by atoms with Crippen molar-refractivity contribution in [3.8, 4) is 11.5 Å². The predicted molar refractivity (Wildman–Crippen MR) is 218 cm³/mol. The van der Waals surface area contributed by atoms with Crippen LogP contribution in [-0.4, -0.2) is 92.1 Å². The molecule has 2 fully saturated rings. The van der Waals surface area contributed by atoms with Crippen molar-refractivity contribution < 1.29 is 28.0 Å². The summed E-state index contributed by atoms with van der Waals surface area (Å²) < 4.78 is 31.6. The molecule has 2 saturated heterocycles. The molecule has 0 spiro atoms. The van der Waals surface area contributed by atoms with Gasteiger partial charge in [0.25, 0.3) is 0 Å². The number of carbonyl (C=O) groups is 4. The summed E-state index contributed by atoms with van der Waals surface area (Å²) >= 11 is 0. The molecule has 0 aliphatic carbocycles. The number of halogens is 2. The second-order valence-corrected chi connectivity index (χ2v) is 16.5. The minimum absolute atomic E-state index is 0.00262. The molecule has 4 heterocycles. The van der Waals surface area contributed by atoms with E-state index in [1.54, 1.807) is 26.1 Å². The number of benzene rings is 2. The van der Waals surface area contributed by atoms with Gasteiger partial charge in [0.05, 0.1) is 22.8 Å². The lowest BCUT2D eigenvalue weighted by Crippen LogP contribution is -2.53. The van der Waals surface area contributed by atoms with Crippen molar-refractivity contribution in [3.63, 3.8) is 0 Å². The maximum atomic E-state index is 14.8. The molecule has 0 bridgehead atoms. The van der Waals surface area contributed by atoms with E-state index in [1.165, 1.54) is 24.3 Å². The van der Waals surface area contributed by atoms with Gasteiger partial charge in [0.1, 0.15) is 23.5 Å². The van der Waals surface area contributed by atoms with E-state index in [4.69, 9.17) is 4.98 Å². The van der Waals surface area contributed by atoms with E-state index in [1.807, 2.05) is 49.0 Å². The number of aromatic nitrogens is 3. The lowest BCUT2D eigenvalue weighted by atomic mass is 9.94. The zero-order valence-corrected chi connectivity index (χ0v) is 34.5. The summed E-state index contributed by atoms with van der Waals surface area (Å²) in [5.74, 6) is -1.37. The molecule has 6 atom stereocenters. The van der Waals surface area contributed by atoms with Crippen LogP contribution in [0.3, 0.4) is 0 Å². The molecule has 308 valence electrons. The highest BCUT2D eigenvalue weighted by Crippen LogP contribution is 2.37. The van der Waals surface area contributed by atoms with E-state index < -0.39 is 23.6 Å². The number of Topliss-reactive ketones (excluding diaryl/α,β-unsaturated/α-hetero) is 1. The van der Waals surface area contributed by atoms with Crippen LogP contribution in [0.15, 0.2) is 36.4 Å². The van der Waals surface area contributed by atoms with Crippen LogP contribution in [0, 0.1) is 29.4 Å². The van der Waals surface area contributed by atoms with Gasteiger partial charge >= 0.3 is 0 Å². The van der Waals surface area contributed by atoms with Crippen LogP contribution in [0.25, 0.3) is 33.5 Å². The number of nitrogens with zero attached hydrogens (tertiary/aromatic N) is 4. The van der Waals surface area contributed by atoms with Gasteiger partial charge in [0.15, 0.2) is 5.82 Å². The largest absolute Gasteiger partial charge is 0.352 e. The van der Waals surface area contributed by atoms with E-state index in [0.717, 1.165) is 36.6 Å². The van der Waals surface area contributed by atoms with Gasteiger partial charge in [0.2, 0.25) is 17.7 Å². The van der Waals surface area contributed by atoms with E-state index >= 15 is 0 Å². The summed E-state index contributed by atoms with van der Waals surface area (Å²) in [7, 11) is 1.74. The number of amides is 3. The van der Waals surface area contributed by atoms with Gasteiger partial charge in [-0.05, 0) is 101 Å². The van der Waals surface area contributed by atoms with Crippen molar-refractivity contribution in [1.82, 2.24) is 35.0 Å². The van der Waals surface area contributed by atoms with Crippen molar-refractivity contribution in [2.24, 2.45) is 17.8 Å². The Bertz CT molecular complexity index is 2110. The number of carbonyl (C=O) groups excluding carboxylic acids is 4. The third-order valence-corrected chi connectivity index (χ3v) is 12.5. The van der Waals surface area contributed by atoms with E-state index in [9.17, 15) is 28.0 Å². The molecule has 11 nitrogen and oxygen atoms in total. The summed E-state index contributed by atoms with van der Waals surface area (Å²) in [5.41, 5.74) is 3.23. The van der Waals surface area contributed by atoms with Crippen molar-refractivity contribution in [2.45, 2.75) is 124 Å². The summed E-state index contributed by atoms with van der Waals surface area (Å²) in [6.07, 6.45) is 4.95. The summed E-state index contributed by atoms with van der Waals surface area (Å²) in [6.45, 7) is 12.9. The molecule has 3 N–H and O–H groups in total. The Kier molecular flexibility index (Phi) is 13.2. The average Bonchev–Trinajstić information content (AvgIpc) is 4.00. The maximum absolute atomic E-state index is 14.8. The Labute approximate surface area is 334 Å². The minimum Gasteiger partial charge on any atom is -0.352 e. The Hall–Kier alpha value is -4.65. The molecule has 2 aliphatic heterocycles. The first-order chi connectivity index (χ1) is 27.3. The second-order valence-electron chi connectivity index (χ2n) is 16.5. The third kappa shape index (κ3) is 8.78. The number of hydrogen-bond acceptors (Lipinski definition) is 6. The monoisotopic (exact) mass is 787 g/mol. The van der Waals surface area contributed by atoms with Gasteiger partial charge in [0, 0.05) is 66.9 Å². The minimum atomic E-state index is -0.676. The fraction of sp³-hybridized carbons (Fsp3) is 0.568. The zero-order chi connectivity index (χ0) is 41.1. The number of likely N-dealkylation sites (N-methyl/N-ethyl adjacent to an activating group) is 1. The van der Waals surface area contributed by atoms with Gasteiger partial charge in [-0.1, -0.05) is 34.6 Å². The molecule has 1 unspecified atom stereocenters. The van der Waals surface area contributed by atoms with Gasteiger partial charge < -0.3 is 30.0 Å². The SMILES string of the molecule is CC[C@H](CC(=O)[C@H](C)NC)C(=O)N1CCC[C@H]1Cc1c(-c2nc3cc(F)ccc3n2C[C@@H]2CCCN2C(=O)C(NC(=O)[C@H](C)CC)C(C)C)[nH]c2cc(F)ccc12. The van der Waals surface area contributed by atoms with E-state index in [-0.39, 0.29) is 59.9 Å². The summed E-state index contributed by atoms with van der Waals surface area (Å²) in [5, 5.41) is 6.81. The van der Waals surface area contributed by atoms with Gasteiger partial charge in [-0.25, -0.2) is 13.8 Å². The summed E-state index contributed by atoms with van der Waals surface area (Å²) in [6, 6.07) is 7.71. The highest BCUT2D eigenvalue weighted by atomic mass is 19.1. The van der Waals surface area contributed by atoms with Crippen molar-refractivity contribution >= 4 is 45.4 Å². The maximum Gasteiger partial charge on any atom is 0.245 e. The van der Waals surface area contributed by atoms with Crippen LogP contribution in [0.2, 0.25) is 0 Å². The first-order valence-corrected chi connectivity index (χ1v) is 20.8. The van der Waals surface area contributed by atoms with Crippen LogP contribution >= 0.6 is 0 Å². The normalized spacial score (nSPS) is 19.4. The van der Waals surface area contributed by atoms with Crippen LogP contribution in [-0.2, 0) is 32.1 Å². The number of nitrogens with one attached hydrogen (secondary N) is 3. The van der Waals surface area contributed by atoms with Crippen LogP contribution in [0.1, 0.15) is 92.1 Å². The van der Waals surface area contributed by atoms with Crippen molar-refractivity contribution in [1.29, 1.82) is 0 Å². The standard InChI is InChI=1S/C44H59F2N7O4/c1-8-26(5)42(55)50-39(25(3)4)44(57)52-19-11-13-32(52)24-53-37-17-15-30(46)22-36(37)49-41(53)40-34(33-16-14-29(45)21-35(33)48-40)23-31-12-10-18-51(31)43(56)28(9-2)20-38(54)27(6)47-7/h14-17,21-22,25-28,31-32,39,47-48H,8-13,18-20,23-24H2,1-7H3,(H,50,55)/t26-,27+,28-,31+,32+,39?/m1/s1. The van der Waals surface area contributed by atoms with E-state index in [0.29, 0.717) is 67.0 Å². The number of rotatable bonds is 16. The number of aromatic amines is 1. The number of fused-ring (bicyclic) bond motifs is 2. The van der Waals surface area contributed by atoms with Gasteiger partial charge in [-0.2, -0.15) is 0 Å². The molecule has 4 aromatic rings. The van der Waals surface area contributed by atoms with Crippen molar-refractivity contribution in [3.05, 3.63) is 53.6 Å². The Balaban J connectivity index is 1.38. The number of likely N-dealkylation sites (tertiary alicyclic amines) is 2. The molecular formula is C44H59F2N7O4. The molecule has 3 amide bonds. The fourth-order valence-electron chi connectivity index (χ4n) is 8.60. The average molecular weight is 788 g/mol. The molecule has 0 radical (unpaired) electrons. The quantitative estimate of drug-likeness (QED) is 0.115. The van der Waals surface area contributed by atoms with Gasteiger partial charge in [-0.3, -0.25) is 19.2 Å². The number of hydrogen-bond donors (Lipinski definition) is 3. The second kappa shape index (κ2) is 17.9. The Morgan fingerprint density at radius 2 is 1.56 bits per heavy atom. The van der Waals surface area contributed by atoms with Crippen LogP contribution in [0.4, 0.5) is 8.78 Å². The molecule has 6 rings (SSSR count). The number of imidazole rings is 1. The first-order valence-electron chi connectivity index (χ1n) is 20.8. The lowest BCUT2D eigenvalue weighted by Gasteiger charge is -2.32. The molecule has 2 aromatic carbocycles. The first kappa shape index (κ1) is 42.0. The molecule has 0 saturated carbocycles. The molecule has 2 aliphatic rings. The topological polar surface area (TPSA) is 132 Å². The predicted octanol–water partition coefficient (Wildman–Crippen LogP) is 6.77. The number of H-pyrrole nitrogens is 1. The zero-order valence-electron chi connectivity index (χ0n) is 34.5. The van der Waals surface area contributed by atoms with E-state index in [2.05, 4.69) is 15.6 Å². The van der Waals surface area contributed by atoms with Crippen LogP contribution < -0.4 is 10.6 Å². The Morgan fingerprint density at radius 3 is 2.23 bits per heavy atom. The fourth-order valence-corrected chi connectivity index (χ4v) is 8.60. The molecule has 57 heavy (non-hydrogen) atoms. The highest BCUT2D eigenvalue weighted by Gasteiger charge is 2.38. The third-order valence-electron chi connectivity index (χ3n) is 12.5. The number of ketones is 1. The molecule has 2 aromatic heterocycles. The van der Waals surface area contributed by atoms with Gasteiger partial charge in [-0.15, -0.1) is 0 Å². The van der Waals surface area contributed by atoms with Crippen LogP contribution in [0.5, 0.6) is 0 Å². The smallest absolute Gasteiger partial charge is 0.245 e. The molecule has 13 heteroatoms.